The van der Waals surface area contributed by atoms with Gasteiger partial charge in [-0.25, -0.2) is 9.48 Å². The van der Waals surface area contributed by atoms with Gasteiger partial charge in [0.1, 0.15) is 5.82 Å². The minimum Gasteiger partial charge on any atom is -0.464 e. The van der Waals surface area contributed by atoms with Crippen molar-refractivity contribution in [3.05, 3.63) is 11.3 Å². The molecule has 0 radical (unpaired) electrons. The number of alkyl halides is 1. The molecule has 2 N–H and O–H groups in total. The van der Waals surface area contributed by atoms with E-state index in [2.05, 4.69) is 9.84 Å². The number of rotatable bonds is 5. The first-order valence-electron chi connectivity index (χ1n) is 5.15. The first-order chi connectivity index (χ1) is 7.65. The lowest BCUT2D eigenvalue weighted by atomic mass is 10.2. The number of nitrogen functional groups attached to an aromatic ring is 1. The van der Waals surface area contributed by atoms with Crippen LogP contribution in [0.25, 0.3) is 0 Å². The van der Waals surface area contributed by atoms with Crippen molar-refractivity contribution < 1.29 is 13.9 Å². The fourth-order valence-electron chi connectivity index (χ4n) is 1.50. The average molecular weight is 229 g/mol. The second kappa shape index (κ2) is 5.48. The number of esters is 1. The monoisotopic (exact) mass is 229 g/mol. The van der Waals surface area contributed by atoms with Crippen LogP contribution in [-0.4, -0.2) is 29.5 Å². The second-order valence-electron chi connectivity index (χ2n) is 3.37. The maximum Gasteiger partial charge on any atom is 0.358 e. The standard InChI is InChI=1S/C10H16FN3O2/c1-3-6-14-9(12)7(4-5-11)8(13-14)10(15)16-2/h3-6,12H2,1-2H3. The van der Waals surface area contributed by atoms with E-state index in [1.54, 1.807) is 0 Å². The zero-order valence-corrected chi connectivity index (χ0v) is 9.49. The highest BCUT2D eigenvalue weighted by Gasteiger charge is 2.21. The quantitative estimate of drug-likeness (QED) is 0.769. The summed E-state index contributed by atoms with van der Waals surface area (Å²) in [5, 5.41) is 4.04. The molecule has 0 saturated heterocycles. The number of hydrogen-bond donors (Lipinski definition) is 1. The molecule has 0 aliphatic carbocycles. The zero-order chi connectivity index (χ0) is 12.1. The van der Waals surface area contributed by atoms with Gasteiger partial charge in [-0.1, -0.05) is 6.92 Å². The van der Waals surface area contributed by atoms with Crippen molar-refractivity contribution in [3.8, 4) is 0 Å². The van der Waals surface area contributed by atoms with Crippen molar-refractivity contribution in [2.75, 3.05) is 19.5 Å². The molecule has 0 unspecified atom stereocenters. The molecule has 0 fully saturated rings. The molecule has 0 saturated carbocycles. The molecule has 90 valence electrons. The highest BCUT2D eigenvalue weighted by Crippen LogP contribution is 2.19. The van der Waals surface area contributed by atoms with Crippen LogP contribution in [0.5, 0.6) is 0 Å². The van der Waals surface area contributed by atoms with Gasteiger partial charge in [-0.05, 0) is 6.42 Å². The summed E-state index contributed by atoms with van der Waals surface area (Å²) in [7, 11) is 1.26. The van der Waals surface area contributed by atoms with Crippen LogP contribution >= 0.6 is 0 Å². The first-order valence-corrected chi connectivity index (χ1v) is 5.15. The van der Waals surface area contributed by atoms with Gasteiger partial charge in [0.2, 0.25) is 0 Å². The van der Waals surface area contributed by atoms with Gasteiger partial charge in [0.15, 0.2) is 5.69 Å². The van der Waals surface area contributed by atoms with Gasteiger partial charge in [-0.3, -0.25) is 4.39 Å². The number of anilines is 1. The maximum atomic E-state index is 12.4. The van der Waals surface area contributed by atoms with E-state index in [0.717, 1.165) is 6.42 Å². The van der Waals surface area contributed by atoms with Crippen LogP contribution in [0.3, 0.4) is 0 Å². The fraction of sp³-hybridized carbons (Fsp3) is 0.600. The topological polar surface area (TPSA) is 70.1 Å². The molecule has 0 amide bonds. The molecule has 1 heterocycles. The van der Waals surface area contributed by atoms with E-state index in [1.165, 1.54) is 11.8 Å². The SMILES string of the molecule is CCCn1nc(C(=O)OC)c(CCF)c1N. The van der Waals surface area contributed by atoms with Crippen LogP contribution in [0.1, 0.15) is 29.4 Å². The van der Waals surface area contributed by atoms with E-state index >= 15 is 0 Å². The lowest BCUT2D eigenvalue weighted by molar-refractivity contribution is 0.0591. The van der Waals surface area contributed by atoms with E-state index in [1.807, 2.05) is 6.92 Å². The molecule has 1 aromatic heterocycles. The number of carbonyl (C=O) groups excluding carboxylic acids is 1. The first kappa shape index (κ1) is 12.5. The largest absolute Gasteiger partial charge is 0.464 e. The van der Waals surface area contributed by atoms with Crippen LogP contribution in [-0.2, 0) is 17.7 Å². The minimum atomic E-state index is -0.579. The maximum absolute atomic E-state index is 12.4. The molecule has 0 atom stereocenters. The van der Waals surface area contributed by atoms with Gasteiger partial charge >= 0.3 is 5.97 Å². The van der Waals surface area contributed by atoms with E-state index in [9.17, 15) is 9.18 Å². The number of ether oxygens (including phenoxy) is 1. The molecule has 6 heteroatoms. The molecule has 5 nitrogen and oxygen atoms in total. The van der Waals surface area contributed by atoms with Crippen molar-refractivity contribution in [2.45, 2.75) is 26.3 Å². The summed E-state index contributed by atoms with van der Waals surface area (Å²) in [6.07, 6.45) is 0.918. The Labute approximate surface area is 93.4 Å². The van der Waals surface area contributed by atoms with Crippen molar-refractivity contribution in [3.63, 3.8) is 0 Å². The van der Waals surface area contributed by atoms with Gasteiger partial charge in [-0.2, -0.15) is 5.10 Å². The number of halogens is 1. The molecule has 0 spiro atoms. The summed E-state index contributed by atoms with van der Waals surface area (Å²) < 4.78 is 18.4. The molecule has 0 aliphatic rings. The summed E-state index contributed by atoms with van der Waals surface area (Å²) in [5.74, 6) is -0.232. The Kier molecular flexibility index (Phi) is 4.28. The fourth-order valence-corrected chi connectivity index (χ4v) is 1.50. The van der Waals surface area contributed by atoms with Gasteiger partial charge < -0.3 is 10.5 Å². The third kappa shape index (κ3) is 2.32. The molecule has 1 aromatic rings. The summed E-state index contributed by atoms with van der Waals surface area (Å²) in [4.78, 5) is 11.4. The number of carbonyl (C=O) groups is 1. The predicted molar refractivity (Wildman–Crippen MR) is 57.9 cm³/mol. The van der Waals surface area contributed by atoms with Gasteiger partial charge in [-0.15, -0.1) is 0 Å². The number of nitrogens with zero attached hydrogens (tertiary/aromatic N) is 2. The van der Waals surface area contributed by atoms with Gasteiger partial charge in [0.25, 0.3) is 0 Å². The summed E-state index contributed by atoms with van der Waals surface area (Å²) >= 11 is 0. The Bertz CT molecular complexity index is 376. The summed E-state index contributed by atoms with van der Waals surface area (Å²) in [6, 6.07) is 0. The lowest BCUT2D eigenvalue weighted by Gasteiger charge is -2.01. The molecule has 16 heavy (non-hydrogen) atoms. The van der Waals surface area contributed by atoms with Crippen molar-refractivity contribution in [2.24, 2.45) is 0 Å². The van der Waals surface area contributed by atoms with Crippen LogP contribution in [0.2, 0.25) is 0 Å². The summed E-state index contributed by atoms with van der Waals surface area (Å²) in [6.45, 7) is 1.99. The van der Waals surface area contributed by atoms with E-state index < -0.39 is 12.6 Å². The van der Waals surface area contributed by atoms with Crippen LogP contribution in [0.15, 0.2) is 0 Å². The molecular formula is C10H16FN3O2. The Morgan fingerprint density at radius 1 is 1.62 bits per heavy atom. The Balaban J connectivity index is 3.13. The Morgan fingerprint density at radius 3 is 2.81 bits per heavy atom. The number of methoxy groups -OCH3 is 1. The third-order valence-corrected chi connectivity index (χ3v) is 2.25. The van der Waals surface area contributed by atoms with E-state index in [-0.39, 0.29) is 12.1 Å². The predicted octanol–water partition coefficient (Wildman–Crippen LogP) is 1.17. The Morgan fingerprint density at radius 2 is 2.31 bits per heavy atom. The average Bonchev–Trinajstić information content (AvgIpc) is 2.58. The highest BCUT2D eigenvalue weighted by molar-refractivity contribution is 5.90. The van der Waals surface area contributed by atoms with E-state index in [0.29, 0.717) is 17.9 Å². The van der Waals surface area contributed by atoms with Crippen molar-refractivity contribution >= 4 is 11.8 Å². The van der Waals surface area contributed by atoms with Gasteiger partial charge in [0, 0.05) is 18.5 Å². The Hall–Kier alpha value is -1.59. The van der Waals surface area contributed by atoms with Crippen molar-refractivity contribution in [1.82, 2.24) is 9.78 Å². The van der Waals surface area contributed by atoms with Crippen molar-refractivity contribution in [1.29, 1.82) is 0 Å². The molecular weight excluding hydrogens is 213 g/mol. The number of aryl methyl sites for hydroxylation is 1. The number of nitrogens with two attached hydrogens (primary N) is 1. The van der Waals surface area contributed by atoms with Crippen LogP contribution in [0, 0.1) is 0 Å². The summed E-state index contributed by atoms with van der Waals surface area (Å²) in [5.41, 5.74) is 6.34. The smallest absolute Gasteiger partial charge is 0.358 e. The lowest BCUT2D eigenvalue weighted by Crippen LogP contribution is -2.07. The molecule has 0 aliphatic heterocycles. The number of hydrogen-bond acceptors (Lipinski definition) is 4. The highest BCUT2D eigenvalue weighted by atomic mass is 19.1. The van der Waals surface area contributed by atoms with Crippen LogP contribution < -0.4 is 5.73 Å². The minimum absolute atomic E-state index is 0.0833. The normalized spacial score (nSPS) is 10.4. The number of aromatic nitrogens is 2. The third-order valence-electron chi connectivity index (χ3n) is 2.25. The molecule has 0 bridgehead atoms. The van der Waals surface area contributed by atoms with Crippen LogP contribution in [0.4, 0.5) is 10.2 Å². The van der Waals surface area contributed by atoms with E-state index in [4.69, 9.17) is 5.73 Å². The zero-order valence-electron chi connectivity index (χ0n) is 9.49. The molecule has 1 rings (SSSR count). The van der Waals surface area contributed by atoms with Gasteiger partial charge in [0.05, 0.1) is 13.8 Å². The second-order valence-corrected chi connectivity index (χ2v) is 3.37. The molecule has 0 aromatic carbocycles.